The van der Waals surface area contributed by atoms with E-state index in [1.54, 1.807) is 4.68 Å². The van der Waals surface area contributed by atoms with Crippen molar-refractivity contribution < 1.29 is 0 Å². The quantitative estimate of drug-likeness (QED) is 0.910. The van der Waals surface area contributed by atoms with Crippen molar-refractivity contribution in [2.75, 3.05) is 13.6 Å². The van der Waals surface area contributed by atoms with Crippen LogP contribution in [0.25, 0.3) is 0 Å². The average Bonchev–Trinajstić information content (AvgIpc) is 2.90. The zero-order chi connectivity index (χ0) is 13.3. The van der Waals surface area contributed by atoms with Gasteiger partial charge in [-0.15, -0.1) is 0 Å². The monoisotopic (exact) mass is 270 g/mol. The minimum absolute atomic E-state index is 0.589. The summed E-state index contributed by atoms with van der Waals surface area (Å²) >= 11 is 6.28. The van der Waals surface area contributed by atoms with Crippen LogP contribution in [-0.2, 0) is 13.6 Å². The molecular weight excluding hydrogens is 248 g/mol. The van der Waals surface area contributed by atoms with E-state index in [1.165, 1.54) is 19.3 Å². The highest BCUT2D eigenvalue weighted by atomic mass is 35.5. The molecular formula is C13H23ClN4. The first-order valence-corrected chi connectivity index (χ1v) is 7.00. The molecule has 5 heteroatoms. The average molecular weight is 271 g/mol. The second-order valence-corrected chi connectivity index (χ2v) is 5.75. The fourth-order valence-electron chi connectivity index (χ4n) is 3.09. The van der Waals surface area contributed by atoms with Crippen LogP contribution in [0.3, 0.4) is 0 Å². The van der Waals surface area contributed by atoms with Crippen LogP contribution in [0.5, 0.6) is 0 Å². The van der Waals surface area contributed by atoms with E-state index in [2.05, 4.69) is 17.0 Å². The molecule has 2 N–H and O–H groups in total. The van der Waals surface area contributed by atoms with Crippen molar-refractivity contribution in [3.8, 4) is 0 Å². The highest BCUT2D eigenvalue weighted by Gasteiger charge is 2.30. The van der Waals surface area contributed by atoms with Gasteiger partial charge in [0.2, 0.25) is 0 Å². The summed E-state index contributed by atoms with van der Waals surface area (Å²) in [6.07, 6.45) is 3.79. The van der Waals surface area contributed by atoms with Crippen LogP contribution < -0.4 is 5.73 Å². The van der Waals surface area contributed by atoms with Crippen LogP contribution in [0.1, 0.15) is 30.5 Å². The van der Waals surface area contributed by atoms with Gasteiger partial charge in [-0.2, -0.15) is 5.10 Å². The largest absolute Gasteiger partial charge is 0.330 e. The number of halogens is 1. The van der Waals surface area contributed by atoms with Gasteiger partial charge in [-0.05, 0) is 39.3 Å². The number of hydrogen-bond donors (Lipinski definition) is 1. The van der Waals surface area contributed by atoms with Crippen molar-refractivity contribution >= 4 is 11.6 Å². The third-order valence-electron chi connectivity index (χ3n) is 4.17. The molecule has 1 aromatic heterocycles. The summed E-state index contributed by atoms with van der Waals surface area (Å²) in [7, 11) is 4.05. The number of aryl methyl sites for hydroxylation is 2. The molecule has 1 aliphatic carbocycles. The van der Waals surface area contributed by atoms with Gasteiger partial charge in [0.1, 0.15) is 5.15 Å². The van der Waals surface area contributed by atoms with E-state index >= 15 is 0 Å². The summed E-state index contributed by atoms with van der Waals surface area (Å²) in [6.45, 7) is 3.67. The summed E-state index contributed by atoms with van der Waals surface area (Å²) in [6, 6.07) is 0.589. The molecule has 18 heavy (non-hydrogen) atoms. The molecule has 2 unspecified atom stereocenters. The van der Waals surface area contributed by atoms with E-state index < -0.39 is 0 Å². The predicted octanol–water partition coefficient (Wildman–Crippen LogP) is 1.94. The van der Waals surface area contributed by atoms with Crippen LogP contribution >= 0.6 is 11.6 Å². The predicted molar refractivity (Wildman–Crippen MR) is 74.6 cm³/mol. The maximum Gasteiger partial charge on any atom is 0.131 e. The number of nitrogens with two attached hydrogens (primary N) is 1. The molecule has 0 aliphatic heterocycles. The number of rotatable bonds is 4. The molecule has 0 bridgehead atoms. The number of aromatic nitrogens is 2. The number of nitrogens with zero attached hydrogens (tertiary/aromatic N) is 3. The zero-order valence-electron chi connectivity index (χ0n) is 11.5. The van der Waals surface area contributed by atoms with E-state index in [0.29, 0.717) is 12.0 Å². The Morgan fingerprint density at radius 1 is 1.50 bits per heavy atom. The molecule has 102 valence electrons. The first-order chi connectivity index (χ1) is 8.54. The molecule has 0 saturated heterocycles. The Hall–Kier alpha value is -0.580. The van der Waals surface area contributed by atoms with Crippen LogP contribution in [0, 0.1) is 12.8 Å². The van der Waals surface area contributed by atoms with Crippen molar-refractivity contribution in [3.05, 3.63) is 16.4 Å². The highest BCUT2D eigenvalue weighted by Crippen LogP contribution is 2.30. The fraction of sp³-hybridized carbons (Fsp3) is 0.769. The van der Waals surface area contributed by atoms with E-state index in [1.807, 2.05) is 14.0 Å². The molecule has 2 rings (SSSR count). The van der Waals surface area contributed by atoms with Gasteiger partial charge in [0, 0.05) is 25.2 Å². The molecule has 0 aromatic carbocycles. The van der Waals surface area contributed by atoms with Gasteiger partial charge < -0.3 is 5.73 Å². The first-order valence-electron chi connectivity index (χ1n) is 6.62. The summed E-state index contributed by atoms with van der Waals surface area (Å²) < 4.78 is 1.75. The van der Waals surface area contributed by atoms with Gasteiger partial charge in [-0.1, -0.05) is 18.0 Å². The molecule has 1 saturated carbocycles. The van der Waals surface area contributed by atoms with Crippen LogP contribution in [0.15, 0.2) is 0 Å². The van der Waals surface area contributed by atoms with Crippen LogP contribution in [0.4, 0.5) is 0 Å². The highest BCUT2D eigenvalue weighted by molar-refractivity contribution is 6.30. The van der Waals surface area contributed by atoms with Gasteiger partial charge in [0.25, 0.3) is 0 Å². The first kappa shape index (κ1) is 13.8. The van der Waals surface area contributed by atoms with Gasteiger partial charge in [-0.25, -0.2) is 0 Å². The molecule has 1 fully saturated rings. The van der Waals surface area contributed by atoms with Crippen molar-refractivity contribution in [3.63, 3.8) is 0 Å². The molecule has 0 radical (unpaired) electrons. The Labute approximate surface area is 114 Å². The minimum atomic E-state index is 0.589. The molecule has 4 nitrogen and oxygen atoms in total. The van der Waals surface area contributed by atoms with Crippen molar-refractivity contribution in [1.29, 1.82) is 0 Å². The third-order valence-corrected chi connectivity index (χ3v) is 4.64. The lowest BCUT2D eigenvalue weighted by atomic mass is 10.0. The van der Waals surface area contributed by atoms with Gasteiger partial charge in [-0.3, -0.25) is 9.58 Å². The van der Waals surface area contributed by atoms with E-state index in [4.69, 9.17) is 17.3 Å². The standard InChI is InChI=1S/C13H23ClN4/c1-9-11(13(14)18(3)16-9)8-17(2)12-6-4-5-10(12)7-15/h10,12H,4-8,15H2,1-3H3. The minimum Gasteiger partial charge on any atom is -0.330 e. The lowest BCUT2D eigenvalue weighted by Crippen LogP contribution is -2.37. The summed E-state index contributed by atoms with van der Waals surface area (Å²) in [4.78, 5) is 2.39. The Bertz CT molecular complexity index is 415. The second-order valence-electron chi connectivity index (χ2n) is 5.39. The van der Waals surface area contributed by atoms with Crippen molar-refractivity contribution in [2.45, 2.75) is 38.8 Å². The third kappa shape index (κ3) is 2.56. The van der Waals surface area contributed by atoms with E-state index in [0.717, 1.165) is 29.5 Å². The van der Waals surface area contributed by atoms with Crippen LogP contribution in [-0.4, -0.2) is 34.3 Å². The normalized spacial score (nSPS) is 24.1. The summed E-state index contributed by atoms with van der Waals surface area (Å²) in [5, 5.41) is 5.11. The SMILES string of the molecule is Cc1nn(C)c(Cl)c1CN(C)C1CCCC1CN. The molecule has 0 spiro atoms. The van der Waals surface area contributed by atoms with Gasteiger partial charge in [0.15, 0.2) is 0 Å². The molecule has 0 amide bonds. The Morgan fingerprint density at radius 3 is 2.78 bits per heavy atom. The Morgan fingerprint density at radius 2 is 2.22 bits per heavy atom. The van der Waals surface area contributed by atoms with Crippen molar-refractivity contribution in [1.82, 2.24) is 14.7 Å². The second kappa shape index (κ2) is 5.59. The Balaban J connectivity index is 2.09. The lowest BCUT2D eigenvalue weighted by molar-refractivity contribution is 0.192. The van der Waals surface area contributed by atoms with E-state index in [9.17, 15) is 0 Å². The zero-order valence-corrected chi connectivity index (χ0v) is 12.2. The fourth-order valence-corrected chi connectivity index (χ4v) is 3.33. The summed E-state index contributed by atoms with van der Waals surface area (Å²) in [5.41, 5.74) is 8.02. The molecule has 2 atom stereocenters. The summed E-state index contributed by atoms with van der Waals surface area (Å²) in [5.74, 6) is 0.630. The molecule has 1 aromatic rings. The topological polar surface area (TPSA) is 47.1 Å². The maximum absolute atomic E-state index is 6.28. The van der Waals surface area contributed by atoms with Crippen LogP contribution in [0.2, 0.25) is 5.15 Å². The smallest absolute Gasteiger partial charge is 0.131 e. The molecule has 1 aliphatic rings. The van der Waals surface area contributed by atoms with Gasteiger partial charge in [0.05, 0.1) is 5.69 Å². The lowest BCUT2D eigenvalue weighted by Gasteiger charge is -2.29. The Kier molecular flexibility index (Phi) is 4.30. The van der Waals surface area contributed by atoms with Gasteiger partial charge >= 0.3 is 0 Å². The molecule has 1 heterocycles. The van der Waals surface area contributed by atoms with Crippen molar-refractivity contribution in [2.24, 2.45) is 18.7 Å². The number of hydrogen-bond acceptors (Lipinski definition) is 3. The van der Waals surface area contributed by atoms with E-state index in [-0.39, 0.29) is 0 Å². The maximum atomic E-state index is 6.28.